The third-order valence-corrected chi connectivity index (χ3v) is 12.4. The fourth-order valence-electron chi connectivity index (χ4n) is 8.03. The van der Waals surface area contributed by atoms with Crippen LogP contribution < -0.4 is 0 Å². The van der Waals surface area contributed by atoms with Crippen molar-refractivity contribution >= 4 is 17.9 Å². The Hall–Kier alpha value is -3.41. The zero-order valence-electron chi connectivity index (χ0n) is 45.3. The van der Waals surface area contributed by atoms with Crippen LogP contribution in [0.25, 0.3) is 0 Å². The van der Waals surface area contributed by atoms with Crippen LogP contribution in [0.15, 0.2) is 85.1 Å². The minimum atomic E-state index is -0.786. The van der Waals surface area contributed by atoms with Crippen molar-refractivity contribution in [3.8, 4) is 0 Å². The first-order chi connectivity index (χ1) is 34.0. The lowest BCUT2D eigenvalue weighted by atomic mass is 10.1. The van der Waals surface area contributed by atoms with Gasteiger partial charge in [0.25, 0.3) is 0 Å². The summed E-state index contributed by atoms with van der Waals surface area (Å²) in [5.74, 6) is -0.903. The van der Waals surface area contributed by atoms with Gasteiger partial charge in [-0.2, -0.15) is 0 Å². The molecule has 1 unspecified atom stereocenters. The molecule has 396 valence electrons. The molecule has 0 rings (SSSR count). The van der Waals surface area contributed by atoms with Gasteiger partial charge in [-0.3, -0.25) is 14.4 Å². The Morgan fingerprint density at radius 2 is 0.565 bits per heavy atom. The molecule has 0 fully saturated rings. The molecule has 0 saturated carbocycles. The van der Waals surface area contributed by atoms with E-state index in [0.717, 1.165) is 116 Å². The van der Waals surface area contributed by atoms with Gasteiger partial charge in [0.1, 0.15) is 13.2 Å². The molecule has 0 heterocycles. The Morgan fingerprint density at radius 3 is 0.884 bits per heavy atom. The van der Waals surface area contributed by atoms with Crippen LogP contribution in [0, 0.1) is 0 Å². The first-order valence-electron chi connectivity index (χ1n) is 29.1. The van der Waals surface area contributed by atoms with Crippen molar-refractivity contribution in [2.24, 2.45) is 0 Å². The summed E-state index contributed by atoms with van der Waals surface area (Å²) >= 11 is 0. The number of carbonyl (C=O) groups is 3. The highest BCUT2D eigenvalue weighted by atomic mass is 16.6. The molecule has 0 aliphatic heterocycles. The van der Waals surface area contributed by atoms with Crippen LogP contribution in [0.5, 0.6) is 0 Å². The predicted octanol–water partition coefficient (Wildman–Crippen LogP) is 19.5. The van der Waals surface area contributed by atoms with Gasteiger partial charge in [0, 0.05) is 19.3 Å². The van der Waals surface area contributed by atoms with Gasteiger partial charge >= 0.3 is 17.9 Å². The third kappa shape index (κ3) is 55.4. The van der Waals surface area contributed by atoms with Crippen molar-refractivity contribution in [1.82, 2.24) is 0 Å². The molecule has 0 aliphatic rings. The number of hydrogen-bond donors (Lipinski definition) is 0. The van der Waals surface area contributed by atoms with Crippen molar-refractivity contribution in [1.29, 1.82) is 0 Å². The van der Waals surface area contributed by atoms with Crippen LogP contribution in [0.2, 0.25) is 0 Å². The average molecular weight is 962 g/mol. The van der Waals surface area contributed by atoms with Gasteiger partial charge in [-0.05, 0) is 96.3 Å². The van der Waals surface area contributed by atoms with E-state index in [4.69, 9.17) is 14.2 Å². The molecule has 0 aromatic rings. The zero-order valence-corrected chi connectivity index (χ0v) is 45.3. The molecule has 1 atom stereocenters. The first-order valence-corrected chi connectivity index (χ1v) is 29.1. The van der Waals surface area contributed by atoms with Crippen molar-refractivity contribution in [3.05, 3.63) is 85.1 Å². The van der Waals surface area contributed by atoms with Gasteiger partial charge in [-0.1, -0.05) is 247 Å². The van der Waals surface area contributed by atoms with E-state index in [1.807, 2.05) is 0 Å². The molecule has 6 heteroatoms. The number of ether oxygens (including phenoxy) is 3. The molecule has 0 spiro atoms. The summed E-state index contributed by atoms with van der Waals surface area (Å²) in [6.45, 7) is 6.49. The highest BCUT2D eigenvalue weighted by Crippen LogP contribution is 2.15. The fraction of sp³-hybridized carbons (Fsp3) is 0.730. The van der Waals surface area contributed by atoms with Crippen LogP contribution >= 0.6 is 0 Å². The van der Waals surface area contributed by atoms with Crippen molar-refractivity contribution < 1.29 is 28.6 Å². The molecule has 69 heavy (non-hydrogen) atoms. The average Bonchev–Trinajstić information content (AvgIpc) is 3.35. The van der Waals surface area contributed by atoms with Gasteiger partial charge in [-0.25, -0.2) is 0 Å². The first kappa shape index (κ1) is 65.6. The highest BCUT2D eigenvalue weighted by Gasteiger charge is 2.19. The molecule has 0 aliphatic carbocycles. The van der Waals surface area contributed by atoms with E-state index in [0.29, 0.717) is 19.3 Å². The minimum absolute atomic E-state index is 0.0837. The van der Waals surface area contributed by atoms with Gasteiger partial charge in [-0.15, -0.1) is 0 Å². The Labute approximate surface area is 426 Å². The smallest absolute Gasteiger partial charge is 0.306 e. The van der Waals surface area contributed by atoms with Gasteiger partial charge in [0.15, 0.2) is 6.10 Å². The Bertz CT molecular complexity index is 1330. The molecule has 0 aromatic carbocycles. The topological polar surface area (TPSA) is 78.9 Å². The van der Waals surface area contributed by atoms with Crippen LogP contribution in [-0.2, 0) is 28.6 Å². The molecule has 0 radical (unpaired) electrons. The lowest BCUT2D eigenvalue weighted by Gasteiger charge is -2.18. The summed E-state index contributed by atoms with van der Waals surface area (Å²) in [5, 5.41) is 0. The molecule has 0 N–H and O–H groups in total. The van der Waals surface area contributed by atoms with Crippen molar-refractivity contribution in [3.63, 3.8) is 0 Å². The summed E-state index contributed by atoms with van der Waals surface area (Å²) in [5.41, 5.74) is 0. The van der Waals surface area contributed by atoms with Crippen LogP contribution in [0.3, 0.4) is 0 Å². The highest BCUT2D eigenvalue weighted by molar-refractivity contribution is 5.71. The summed E-state index contributed by atoms with van der Waals surface area (Å²) in [7, 11) is 0. The minimum Gasteiger partial charge on any atom is -0.462 e. The summed E-state index contributed by atoms with van der Waals surface area (Å²) in [4.78, 5) is 38.1. The van der Waals surface area contributed by atoms with Gasteiger partial charge in [0.2, 0.25) is 0 Å². The van der Waals surface area contributed by atoms with E-state index < -0.39 is 6.10 Å². The maximum absolute atomic E-state index is 12.8. The number of hydrogen-bond acceptors (Lipinski definition) is 6. The van der Waals surface area contributed by atoms with Gasteiger partial charge in [0.05, 0.1) is 0 Å². The number of esters is 3. The monoisotopic (exact) mass is 961 g/mol. The molecule has 0 saturated heterocycles. The SMILES string of the molecule is CC/C=C\C/C=C\C/C=C\C/C=C\CCCCCCCCC(=O)OC(COC(=O)CCCCCCCCCCC)COC(=O)CCCCCCCCCC/C=C\C/C=C\C/C=C\CCCCCCC. The second kappa shape index (κ2) is 57.2. The molecule has 6 nitrogen and oxygen atoms in total. The Morgan fingerprint density at radius 1 is 0.304 bits per heavy atom. The number of unbranched alkanes of at least 4 members (excludes halogenated alkanes) is 27. The van der Waals surface area contributed by atoms with Crippen molar-refractivity contribution in [2.75, 3.05) is 13.2 Å². The molecule has 0 amide bonds. The molecular weight excluding hydrogens is 853 g/mol. The number of allylic oxidation sites excluding steroid dienone is 14. The molecule has 0 bridgehead atoms. The zero-order chi connectivity index (χ0) is 50.0. The van der Waals surface area contributed by atoms with E-state index in [9.17, 15) is 14.4 Å². The molecular formula is C63H108O6. The Balaban J connectivity index is 4.30. The fourth-order valence-corrected chi connectivity index (χ4v) is 8.03. The van der Waals surface area contributed by atoms with E-state index in [1.54, 1.807) is 0 Å². The standard InChI is InChI=1S/C63H108O6/c1-4-7-10-13-16-19-21-23-25-27-29-30-31-32-34-35-37-39-41-44-47-50-53-56-62(65)68-59-60(58-67-61(64)55-52-49-46-43-18-15-12-9-6-3)69-63(66)57-54-51-48-45-42-40-38-36-33-28-26-24-22-20-17-14-11-8-5-2/h8,11,17,20-21,23-24,26-27,29,31-33,36,60H,4-7,9-10,12-16,18-19,22,25,28,30,34-35,37-59H2,1-3H3/b11-8-,20-17-,23-21-,26-24-,29-27-,32-31-,36-33-. The third-order valence-electron chi connectivity index (χ3n) is 12.4. The summed E-state index contributed by atoms with van der Waals surface area (Å²) in [6.07, 6.45) is 74.4. The summed E-state index contributed by atoms with van der Waals surface area (Å²) < 4.78 is 16.8. The van der Waals surface area contributed by atoms with Crippen LogP contribution in [0.4, 0.5) is 0 Å². The van der Waals surface area contributed by atoms with Crippen molar-refractivity contribution in [2.45, 2.75) is 284 Å². The Kier molecular flexibility index (Phi) is 54.3. The quantitative estimate of drug-likeness (QED) is 0.0262. The summed E-state index contributed by atoms with van der Waals surface area (Å²) in [6, 6.07) is 0. The van der Waals surface area contributed by atoms with E-state index in [2.05, 4.69) is 106 Å². The van der Waals surface area contributed by atoms with Crippen LogP contribution in [-0.4, -0.2) is 37.2 Å². The van der Waals surface area contributed by atoms with Crippen LogP contribution in [0.1, 0.15) is 278 Å². The molecule has 0 aromatic heterocycles. The maximum atomic E-state index is 12.8. The predicted molar refractivity (Wildman–Crippen MR) is 297 cm³/mol. The second-order valence-electron chi connectivity index (χ2n) is 19.2. The number of rotatable bonds is 52. The van der Waals surface area contributed by atoms with Gasteiger partial charge < -0.3 is 14.2 Å². The van der Waals surface area contributed by atoms with E-state index in [1.165, 1.54) is 122 Å². The normalized spacial score (nSPS) is 12.7. The maximum Gasteiger partial charge on any atom is 0.306 e. The second-order valence-corrected chi connectivity index (χ2v) is 19.2. The van der Waals surface area contributed by atoms with E-state index >= 15 is 0 Å². The van der Waals surface area contributed by atoms with E-state index in [-0.39, 0.29) is 31.1 Å². The lowest BCUT2D eigenvalue weighted by molar-refractivity contribution is -0.167. The lowest BCUT2D eigenvalue weighted by Crippen LogP contribution is -2.30. The number of carbonyl (C=O) groups excluding carboxylic acids is 3. The largest absolute Gasteiger partial charge is 0.462 e.